The molecule has 1 heterocycles. The average Bonchev–Trinajstić information content (AvgIpc) is 2.49. The number of likely N-dealkylation sites (tertiary alicyclic amines) is 1. The second kappa shape index (κ2) is 6.52. The standard InChI is InChI=1S/C16H18FNO3/c1-11(9-12-4-6-14(17)7-5-12)15(19)18-8-2-3-13(10-18)16(20)21/h4-7,9,13H,2-3,8,10H2,1H3,(H,20,21)/b11-9+/t13-/m1/s1. The highest BCUT2D eigenvalue weighted by molar-refractivity contribution is 5.97. The molecule has 1 aliphatic rings. The molecule has 21 heavy (non-hydrogen) atoms. The fourth-order valence-electron chi connectivity index (χ4n) is 2.48. The molecule has 1 aliphatic heterocycles. The number of halogens is 1. The van der Waals surface area contributed by atoms with Gasteiger partial charge in [0.15, 0.2) is 0 Å². The summed E-state index contributed by atoms with van der Waals surface area (Å²) in [6.45, 7) is 2.52. The number of amides is 1. The van der Waals surface area contributed by atoms with E-state index < -0.39 is 11.9 Å². The lowest BCUT2D eigenvalue weighted by Gasteiger charge is -2.31. The molecule has 0 saturated carbocycles. The van der Waals surface area contributed by atoms with Crippen LogP contribution >= 0.6 is 0 Å². The van der Waals surface area contributed by atoms with Crippen LogP contribution in [-0.4, -0.2) is 35.0 Å². The Morgan fingerprint density at radius 1 is 1.33 bits per heavy atom. The molecule has 2 rings (SSSR count). The van der Waals surface area contributed by atoms with Crippen LogP contribution in [0.2, 0.25) is 0 Å². The maximum absolute atomic E-state index is 12.8. The summed E-state index contributed by atoms with van der Waals surface area (Å²) in [5.41, 5.74) is 1.27. The number of rotatable bonds is 3. The molecule has 0 spiro atoms. The molecule has 0 bridgehead atoms. The van der Waals surface area contributed by atoms with Gasteiger partial charge in [-0.1, -0.05) is 12.1 Å². The predicted octanol–water partition coefficient (Wildman–Crippen LogP) is 2.55. The van der Waals surface area contributed by atoms with Crippen molar-refractivity contribution in [1.82, 2.24) is 4.90 Å². The van der Waals surface area contributed by atoms with Crippen molar-refractivity contribution in [3.8, 4) is 0 Å². The second-order valence-corrected chi connectivity index (χ2v) is 5.31. The molecular formula is C16H18FNO3. The van der Waals surface area contributed by atoms with Crippen LogP contribution in [0.15, 0.2) is 29.8 Å². The van der Waals surface area contributed by atoms with Crippen LogP contribution < -0.4 is 0 Å². The topological polar surface area (TPSA) is 57.6 Å². The normalized spacial score (nSPS) is 19.4. The first-order valence-corrected chi connectivity index (χ1v) is 6.93. The molecule has 4 nitrogen and oxygen atoms in total. The van der Waals surface area contributed by atoms with Crippen molar-refractivity contribution < 1.29 is 19.1 Å². The van der Waals surface area contributed by atoms with Gasteiger partial charge in [0.25, 0.3) is 0 Å². The SMILES string of the molecule is C/C(=C\c1ccc(F)cc1)C(=O)N1CCC[C@@H](C(=O)O)C1. The molecule has 1 aromatic carbocycles. The van der Waals surface area contributed by atoms with Gasteiger partial charge in [-0.2, -0.15) is 0 Å². The molecular weight excluding hydrogens is 273 g/mol. The number of carboxylic acids is 1. The Hall–Kier alpha value is -2.17. The van der Waals surface area contributed by atoms with Gasteiger partial charge < -0.3 is 10.0 Å². The van der Waals surface area contributed by atoms with Crippen LogP contribution in [0.5, 0.6) is 0 Å². The Bertz CT molecular complexity index is 565. The van der Waals surface area contributed by atoms with Crippen molar-refractivity contribution in [2.24, 2.45) is 5.92 Å². The van der Waals surface area contributed by atoms with Crippen molar-refractivity contribution in [2.45, 2.75) is 19.8 Å². The Labute approximate surface area is 122 Å². The highest BCUT2D eigenvalue weighted by Crippen LogP contribution is 2.19. The van der Waals surface area contributed by atoms with Gasteiger partial charge >= 0.3 is 5.97 Å². The molecule has 1 N–H and O–H groups in total. The third-order valence-electron chi connectivity index (χ3n) is 3.65. The van der Waals surface area contributed by atoms with Crippen molar-refractivity contribution in [2.75, 3.05) is 13.1 Å². The van der Waals surface area contributed by atoms with E-state index >= 15 is 0 Å². The minimum absolute atomic E-state index is 0.162. The molecule has 0 unspecified atom stereocenters. The summed E-state index contributed by atoms with van der Waals surface area (Å²) >= 11 is 0. The lowest BCUT2D eigenvalue weighted by molar-refractivity contribution is -0.145. The van der Waals surface area contributed by atoms with Gasteiger partial charge in [0.2, 0.25) is 5.91 Å². The summed E-state index contributed by atoms with van der Waals surface area (Å²) in [4.78, 5) is 24.9. The summed E-state index contributed by atoms with van der Waals surface area (Å²) in [7, 11) is 0. The van der Waals surface area contributed by atoms with Crippen LogP contribution in [0, 0.1) is 11.7 Å². The van der Waals surface area contributed by atoms with E-state index in [4.69, 9.17) is 5.11 Å². The number of carbonyl (C=O) groups is 2. The van der Waals surface area contributed by atoms with Gasteiger partial charge in [0.1, 0.15) is 5.82 Å². The maximum atomic E-state index is 12.8. The lowest BCUT2D eigenvalue weighted by Crippen LogP contribution is -2.42. The molecule has 0 radical (unpaired) electrons. The Balaban J connectivity index is 2.08. The summed E-state index contributed by atoms with van der Waals surface area (Å²) in [6.07, 6.45) is 3.00. The minimum atomic E-state index is -0.854. The van der Waals surface area contributed by atoms with E-state index in [9.17, 15) is 14.0 Å². The van der Waals surface area contributed by atoms with Gasteiger partial charge in [-0.15, -0.1) is 0 Å². The van der Waals surface area contributed by atoms with Crippen molar-refractivity contribution in [3.05, 3.63) is 41.2 Å². The number of carbonyl (C=O) groups excluding carboxylic acids is 1. The highest BCUT2D eigenvalue weighted by Gasteiger charge is 2.28. The average molecular weight is 291 g/mol. The van der Waals surface area contributed by atoms with E-state index in [1.54, 1.807) is 30.0 Å². The predicted molar refractivity (Wildman–Crippen MR) is 77.0 cm³/mol. The van der Waals surface area contributed by atoms with Gasteiger partial charge in [0.05, 0.1) is 5.92 Å². The van der Waals surface area contributed by atoms with Crippen LogP contribution in [0.3, 0.4) is 0 Å². The van der Waals surface area contributed by atoms with E-state index in [-0.39, 0.29) is 18.3 Å². The zero-order valence-corrected chi connectivity index (χ0v) is 11.9. The third kappa shape index (κ3) is 3.90. The van der Waals surface area contributed by atoms with E-state index in [2.05, 4.69) is 0 Å². The van der Waals surface area contributed by atoms with E-state index in [0.717, 1.165) is 5.56 Å². The Kier molecular flexibility index (Phi) is 4.73. The first-order chi connectivity index (χ1) is 9.97. The molecule has 1 saturated heterocycles. The van der Waals surface area contributed by atoms with Gasteiger partial charge in [-0.25, -0.2) is 4.39 Å². The largest absolute Gasteiger partial charge is 0.481 e. The minimum Gasteiger partial charge on any atom is -0.481 e. The first-order valence-electron chi connectivity index (χ1n) is 6.93. The Morgan fingerprint density at radius 3 is 2.62 bits per heavy atom. The molecule has 1 atom stereocenters. The van der Waals surface area contributed by atoms with Crippen molar-refractivity contribution >= 4 is 18.0 Å². The van der Waals surface area contributed by atoms with Gasteiger partial charge in [-0.05, 0) is 43.5 Å². The van der Waals surface area contributed by atoms with Crippen LogP contribution in [0.25, 0.3) is 6.08 Å². The van der Waals surface area contributed by atoms with Crippen LogP contribution in [0.1, 0.15) is 25.3 Å². The van der Waals surface area contributed by atoms with E-state index in [0.29, 0.717) is 25.0 Å². The Morgan fingerprint density at radius 2 is 2.00 bits per heavy atom. The highest BCUT2D eigenvalue weighted by atomic mass is 19.1. The number of carboxylic acid groups (broad SMARTS) is 1. The van der Waals surface area contributed by atoms with Crippen molar-refractivity contribution in [3.63, 3.8) is 0 Å². The molecule has 1 amide bonds. The van der Waals surface area contributed by atoms with Crippen LogP contribution in [-0.2, 0) is 9.59 Å². The van der Waals surface area contributed by atoms with Crippen LogP contribution in [0.4, 0.5) is 4.39 Å². The number of nitrogens with zero attached hydrogens (tertiary/aromatic N) is 1. The summed E-state index contributed by atoms with van der Waals surface area (Å²) in [6, 6.07) is 5.88. The number of piperidine rings is 1. The second-order valence-electron chi connectivity index (χ2n) is 5.31. The molecule has 0 aliphatic carbocycles. The first kappa shape index (κ1) is 15.2. The quantitative estimate of drug-likeness (QED) is 0.871. The monoisotopic (exact) mass is 291 g/mol. The smallest absolute Gasteiger partial charge is 0.308 e. The summed E-state index contributed by atoms with van der Waals surface area (Å²) < 4.78 is 12.8. The number of hydrogen-bond donors (Lipinski definition) is 1. The zero-order chi connectivity index (χ0) is 15.4. The summed E-state index contributed by atoms with van der Waals surface area (Å²) in [5, 5.41) is 9.05. The van der Waals surface area contributed by atoms with E-state index in [1.807, 2.05) is 0 Å². The fraction of sp³-hybridized carbons (Fsp3) is 0.375. The maximum Gasteiger partial charge on any atom is 0.308 e. The number of aliphatic carboxylic acids is 1. The lowest BCUT2D eigenvalue weighted by atomic mass is 9.97. The summed E-state index contributed by atoms with van der Waals surface area (Å²) in [5.74, 6) is -1.82. The van der Waals surface area contributed by atoms with E-state index in [1.165, 1.54) is 12.1 Å². The fourth-order valence-corrected chi connectivity index (χ4v) is 2.48. The number of hydrogen-bond acceptors (Lipinski definition) is 2. The molecule has 1 fully saturated rings. The molecule has 112 valence electrons. The molecule has 1 aromatic rings. The van der Waals surface area contributed by atoms with Gasteiger partial charge in [0, 0.05) is 18.7 Å². The number of benzene rings is 1. The van der Waals surface area contributed by atoms with Crippen molar-refractivity contribution in [1.29, 1.82) is 0 Å². The zero-order valence-electron chi connectivity index (χ0n) is 11.9. The molecule has 5 heteroatoms. The van der Waals surface area contributed by atoms with Gasteiger partial charge in [-0.3, -0.25) is 9.59 Å². The molecule has 0 aromatic heterocycles. The third-order valence-corrected chi connectivity index (χ3v) is 3.65.